The van der Waals surface area contributed by atoms with Gasteiger partial charge in [0.2, 0.25) is 0 Å². The van der Waals surface area contributed by atoms with Crippen LogP contribution in [0.15, 0.2) is 30.6 Å². The fourth-order valence-electron chi connectivity index (χ4n) is 2.47. The van der Waals surface area contributed by atoms with Crippen molar-refractivity contribution in [3.63, 3.8) is 0 Å². The molecule has 3 aromatic rings. The third kappa shape index (κ3) is 2.56. The van der Waals surface area contributed by atoms with Gasteiger partial charge in [-0.05, 0) is 23.5 Å². The van der Waals surface area contributed by atoms with Crippen molar-refractivity contribution in [2.24, 2.45) is 0 Å². The molecule has 0 radical (unpaired) electrons. The first-order chi connectivity index (χ1) is 9.88. The van der Waals surface area contributed by atoms with Gasteiger partial charge in [0.25, 0.3) is 0 Å². The van der Waals surface area contributed by atoms with Crippen molar-refractivity contribution in [2.45, 2.75) is 33.1 Å². The Morgan fingerprint density at radius 2 is 1.71 bits per heavy atom. The fraction of sp³-hybridized carbons (Fsp3) is 0.294. The number of nitrogens with zero attached hydrogens (tertiary/aromatic N) is 2. The number of benzene rings is 1. The van der Waals surface area contributed by atoms with Crippen LogP contribution in [0.5, 0.6) is 0 Å². The van der Waals surface area contributed by atoms with Crippen LogP contribution in [0.4, 0.5) is 0 Å². The molecule has 0 amide bonds. The molecule has 3 rings (SSSR count). The summed E-state index contributed by atoms with van der Waals surface area (Å²) in [6, 6.07) is 8.73. The Labute approximate surface area is 133 Å². The molecule has 0 bridgehead atoms. The molecule has 2 nitrogen and oxygen atoms in total. The van der Waals surface area contributed by atoms with Gasteiger partial charge in [-0.15, -0.1) is 11.3 Å². The SMILES string of the molecule is Cc1sc2c(Cl)ncnc2c1-c1ccc(C(C)(C)C)cc1. The predicted molar refractivity (Wildman–Crippen MR) is 91.3 cm³/mol. The van der Waals surface area contributed by atoms with Gasteiger partial charge in [-0.2, -0.15) is 0 Å². The van der Waals surface area contributed by atoms with E-state index in [1.165, 1.54) is 27.9 Å². The Morgan fingerprint density at radius 3 is 2.33 bits per heavy atom. The van der Waals surface area contributed by atoms with E-state index in [2.05, 4.69) is 61.9 Å². The number of fused-ring (bicyclic) bond motifs is 1. The van der Waals surface area contributed by atoms with E-state index in [0.29, 0.717) is 5.15 Å². The molecule has 21 heavy (non-hydrogen) atoms. The van der Waals surface area contributed by atoms with Gasteiger partial charge in [0, 0.05) is 10.4 Å². The number of rotatable bonds is 1. The van der Waals surface area contributed by atoms with Crippen LogP contribution in [0.25, 0.3) is 21.3 Å². The molecule has 0 saturated heterocycles. The first-order valence-corrected chi connectivity index (χ1v) is 8.08. The largest absolute Gasteiger partial charge is 0.235 e. The highest BCUT2D eigenvalue weighted by atomic mass is 35.5. The molecular weight excluding hydrogens is 300 g/mol. The average Bonchev–Trinajstić information content (AvgIpc) is 2.76. The summed E-state index contributed by atoms with van der Waals surface area (Å²) in [5.74, 6) is 0. The maximum atomic E-state index is 6.17. The summed E-state index contributed by atoms with van der Waals surface area (Å²) in [4.78, 5) is 9.71. The number of aromatic nitrogens is 2. The maximum Gasteiger partial charge on any atom is 0.150 e. The topological polar surface area (TPSA) is 25.8 Å². The van der Waals surface area contributed by atoms with E-state index in [1.807, 2.05) is 0 Å². The lowest BCUT2D eigenvalue weighted by atomic mass is 9.86. The smallest absolute Gasteiger partial charge is 0.150 e. The minimum atomic E-state index is 0.162. The molecule has 0 spiro atoms. The Balaban J connectivity index is 2.17. The molecule has 2 aromatic heterocycles. The van der Waals surface area contributed by atoms with E-state index in [9.17, 15) is 0 Å². The monoisotopic (exact) mass is 316 g/mol. The van der Waals surface area contributed by atoms with Crippen LogP contribution >= 0.6 is 22.9 Å². The summed E-state index contributed by atoms with van der Waals surface area (Å²) in [7, 11) is 0. The second-order valence-electron chi connectivity index (χ2n) is 6.20. The molecular formula is C17H17ClN2S. The van der Waals surface area contributed by atoms with Crippen LogP contribution in [0.3, 0.4) is 0 Å². The number of thiophene rings is 1. The quantitative estimate of drug-likeness (QED) is 0.545. The van der Waals surface area contributed by atoms with Gasteiger partial charge in [0.15, 0.2) is 0 Å². The van der Waals surface area contributed by atoms with E-state index in [4.69, 9.17) is 11.6 Å². The van der Waals surface area contributed by atoms with Crippen molar-refractivity contribution in [3.05, 3.63) is 46.2 Å². The normalized spacial score (nSPS) is 12.0. The summed E-state index contributed by atoms with van der Waals surface area (Å²) in [5.41, 5.74) is 4.79. The number of aryl methyl sites for hydroxylation is 1. The zero-order chi connectivity index (χ0) is 15.2. The van der Waals surface area contributed by atoms with Gasteiger partial charge in [-0.1, -0.05) is 56.6 Å². The number of hydrogen-bond donors (Lipinski definition) is 0. The van der Waals surface area contributed by atoms with E-state index >= 15 is 0 Å². The fourth-order valence-corrected chi connectivity index (χ4v) is 3.73. The molecule has 0 unspecified atom stereocenters. The van der Waals surface area contributed by atoms with Crippen LogP contribution in [-0.4, -0.2) is 9.97 Å². The molecule has 0 aliphatic rings. The average molecular weight is 317 g/mol. The Kier molecular flexibility index (Phi) is 3.50. The lowest BCUT2D eigenvalue weighted by Gasteiger charge is -2.19. The lowest BCUT2D eigenvalue weighted by Crippen LogP contribution is -2.10. The van der Waals surface area contributed by atoms with Crippen molar-refractivity contribution in [3.8, 4) is 11.1 Å². The highest BCUT2D eigenvalue weighted by Crippen LogP contribution is 2.39. The lowest BCUT2D eigenvalue weighted by molar-refractivity contribution is 0.590. The molecule has 1 aromatic carbocycles. The summed E-state index contributed by atoms with van der Waals surface area (Å²) in [6.45, 7) is 8.77. The van der Waals surface area contributed by atoms with Crippen molar-refractivity contribution >= 4 is 33.2 Å². The van der Waals surface area contributed by atoms with Gasteiger partial charge in [-0.25, -0.2) is 9.97 Å². The van der Waals surface area contributed by atoms with Crippen molar-refractivity contribution in [2.75, 3.05) is 0 Å². The maximum absolute atomic E-state index is 6.17. The summed E-state index contributed by atoms with van der Waals surface area (Å²) in [6.07, 6.45) is 1.53. The Hall–Kier alpha value is -1.45. The zero-order valence-corrected chi connectivity index (χ0v) is 14.1. The highest BCUT2D eigenvalue weighted by Gasteiger charge is 2.17. The van der Waals surface area contributed by atoms with Gasteiger partial charge in [0.05, 0.1) is 10.2 Å². The molecule has 0 aliphatic heterocycles. The van der Waals surface area contributed by atoms with Crippen LogP contribution in [-0.2, 0) is 5.41 Å². The van der Waals surface area contributed by atoms with Crippen LogP contribution in [0.2, 0.25) is 5.15 Å². The Morgan fingerprint density at radius 1 is 1.05 bits per heavy atom. The van der Waals surface area contributed by atoms with Crippen molar-refractivity contribution in [1.82, 2.24) is 9.97 Å². The van der Waals surface area contributed by atoms with Gasteiger partial charge < -0.3 is 0 Å². The minimum absolute atomic E-state index is 0.162. The first-order valence-electron chi connectivity index (χ1n) is 6.88. The van der Waals surface area contributed by atoms with Crippen molar-refractivity contribution in [1.29, 1.82) is 0 Å². The van der Waals surface area contributed by atoms with E-state index in [0.717, 1.165) is 10.2 Å². The highest BCUT2D eigenvalue weighted by molar-refractivity contribution is 7.20. The number of hydrogen-bond acceptors (Lipinski definition) is 3. The second kappa shape index (κ2) is 5.08. The molecule has 0 atom stereocenters. The van der Waals surface area contributed by atoms with Crippen LogP contribution < -0.4 is 0 Å². The van der Waals surface area contributed by atoms with Gasteiger partial charge in [0.1, 0.15) is 11.5 Å². The molecule has 108 valence electrons. The third-order valence-electron chi connectivity index (χ3n) is 3.64. The van der Waals surface area contributed by atoms with Crippen LogP contribution in [0, 0.1) is 6.92 Å². The standard InChI is InChI=1S/C17H17ClN2S/c1-10-13(14-15(21-10)16(18)20-9-19-14)11-5-7-12(8-6-11)17(2,3)4/h5-9H,1-4H3. The molecule has 0 aliphatic carbocycles. The summed E-state index contributed by atoms with van der Waals surface area (Å²) >= 11 is 7.83. The number of halogens is 1. The molecule has 4 heteroatoms. The van der Waals surface area contributed by atoms with Crippen LogP contribution in [0.1, 0.15) is 31.2 Å². The second-order valence-corrected chi connectivity index (χ2v) is 7.79. The summed E-state index contributed by atoms with van der Waals surface area (Å²) < 4.78 is 0.964. The molecule has 0 N–H and O–H groups in total. The minimum Gasteiger partial charge on any atom is -0.235 e. The molecule has 0 saturated carbocycles. The first kappa shape index (κ1) is 14.5. The van der Waals surface area contributed by atoms with Gasteiger partial charge in [-0.3, -0.25) is 0 Å². The van der Waals surface area contributed by atoms with E-state index < -0.39 is 0 Å². The van der Waals surface area contributed by atoms with Crippen molar-refractivity contribution < 1.29 is 0 Å². The summed E-state index contributed by atoms with van der Waals surface area (Å²) in [5, 5.41) is 0.533. The Bertz CT molecular complexity index is 798. The molecule has 0 fully saturated rings. The van der Waals surface area contributed by atoms with E-state index in [-0.39, 0.29) is 5.41 Å². The third-order valence-corrected chi connectivity index (χ3v) is 5.14. The molecule has 2 heterocycles. The van der Waals surface area contributed by atoms with E-state index in [1.54, 1.807) is 11.3 Å². The predicted octanol–water partition coefficient (Wildman–Crippen LogP) is 5.62. The van der Waals surface area contributed by atoms with Gasteiger partial charge >= 0.3 is 0 Å². The zero-order valence-electron chi connectivity index (χ0n) is 12.6.